The van der Waals surface area contributed by atoms with Crippen LogP contribution in [-0.2, 0) is 4.79 Å². The first-order valence-corrected chi connectivity index (χ1v) is 8.69. The Morgan fingerprint density at radius 2 is 1.96 bits per heavy atom. The molecule has 4 rings (SSSR count). The number of benzene rings is 1. The quantitative estimate of drug-likeness (QED) is 0.838. The normalized spacial score (nSPS) is 20.7. The zero-order valence-electron chi connectivity index (χ0n) is 14.9. The van der Waals surface area contributed by atoms with Gasteiger partial charge in [0.25, 0.3) is 5.91 Å². The lowest BCUT2D eigenvalue weighted by atomic mass is 9.93. The number of piperazine rings is 1. The summed E-state index contributed by atoms with van der Waals surface area (Å²) in [5.41, 5.74) is 1.97. The Morgan fingerprint density at radius 3 is 2.69 bits per heavy atom. The molecule has 8 nitrogen and oxygen atoms in total. The molecule has 8 heteroatoms. The van der Waals surface area contributed by atoms with E-state index in [0.29, 0.717) is 30.2 Å². The summed E-state index contributed by atoms with van der Waals surface area (Å²) in [6.45, 7) is 4.94. The minimum Gasteiger partial charge on any atom is -0.508 e. The molecule has 1 aromatic carbocycles. The summed E-state index contributed by atoms with van der Waals surface area (Å²) in [5, 5.41) is 17.9. The van der Waals surface area contributed by atoms with E-state index in [1.165, 1.54) is 6.33 Å². The molecule has 1 atom stereocenters. The molecule has 2 aliphatic heterocycles. The lowest BCUT2D eigenvalue weighted by Gasteiger charge is -2.36. The maximum absolute atomic E-state index is 13.4. The molecule has 0 spiro atoms. The largest absolute Gasteiger partial charge is 0.508 e. The van der Waals surface area contributed by atoms with Crippen LogP contribution >= 0.6 is 0 Å². The van der Waals surface area contributed by atoms with Gasteiger partial charge in [0.05, 0.1) is 5.57 Å². The second-order valence-electron chi connectivity index (χ2n) is 6.75. The smallest absolute Gasteiger partial charge is 0.254 e. The molecule has 2 aromatic rings. The molecular formula is C18H22N6O2. The molecule has 1 aromatic heterocycles. The average molecular weight is 354 g/mol. The number of amides is 1. The van der Waals surface area contributed by atoms with Crippen molar-refractivity contribution >= 4 is 11.9 Å². The summed E-state index contributed by atoms with van der Waals surface area (Å²) >= 11 is 0. The van der Waals surface area contributed by atoms with Crippen molar-refractivity contribution in [3.8, 4) is 5.75 Å². The molecule has 1 unspecified atom stereocenters. The maximum Gasteiger partial charge on any atom is 0.254 e. The van der Waals surface area contributed by atoms with E-state index in [0.717, 1.165) is 18.8 Å². The highest BCUT2D eigenvalue weighted by Crippen LogP contribution is 2.38. The topological polar surface area (TPSA) is 86.5 Å². The highest BCUT2D eigenvalue weighted by atomic mass is 16.3. The van der Waals surface area contributed by atoms with Gasteiger partial charge in [0, 0.05) is 37.4 Å². The first-order valence-electron chi connectivity index (χ1n) is 8.69. The zero-order chi connectivity index (χ0) is 18.3. The summed E-state index contributed by atoms with van der Waals surface area (Å²) in [5.74, 6) is 0.667. The molecule has 0 aliphatic carbocycles. The second kappa shape index (κ2) is 6.45. The molecule has 2 N–H and O–H groups in total. The summed E-state index contributed by atoms with van der Waals surface area (Å²) in [7, 11) is 2.06. The number of carbonyl (C=O) groups excluding carboxylic acids is 1. The fraction of sp³-hybridized carbons (Fsp3) is 0.389. The van der Waals surface area contributed by atoms with Crippen LogP contribution in [0.25, 0.3) is 0 Å². The van der Waals surface area contributed by atoms with Gasteiger partial charge in [-0.1, -0.05) is 18.2 Å². The highest BCUT2D eigenvalue weighted by Gasteiger charge is 2.37. The maximum atomic E-state index is 13.4. The molecule has 0 radical (unpaired) electrons. The van der Waals surface area contributed by atoms with Gasteiger partial charge in [-0.2, -0.15) is 10.1 Å². The van der Waals surface area contributed by atoms with Crippen LogP contribution in [0.4, 0.5) is 5.95 Å². The number of para-hydroxylation sites is 1. The number of fused-ring (bicyclic) bond motifs is 1. The van der Waals surface area contributed by atoms with Crippen LogP contribution in [0.5, 0.6) is 5.75 Å². The number of hydrogen-bond acceptors (Lipinski definition) is 6. The van der Waals surface area contributed by atoms with E-state index in [-0.39, 0.29) is 11.7 Å². The lowest BCUT2D eigenvalue weighted by molar-refractivity contribution is -0.129. The minimum absolute atomic E-state index is 0.0301. The lowest BCUT2D eigenvalue weighted by Crippen LogP contribution is -2.49. The highest BCUT2D eigenvalue weighted by molar-refractivity contribution is 5.97. The van der Waals surface area contributed by atoms with Crippen molar-refractivity contribution in [2.24, 2.45) is 0 Å². The number of aromatic hydroxyl groups is 1. The van der Waals surface area contributed by atoms with Crippen molar-refractivity contribution in [1.82, 2.24) is 24.6 Å². The van der Waals surface area contributed by atoms with E-state index < -0.39 is 6.04 Å². The molecule has 2 aliphatic rings. The van der Waals surface area contributed by atoms with E-state index in [2.05, 4.69) is 27.3 Å². The summed E-state index contributed by atoms with van der Waals surface area (Å²) in [6.07, 6.45) is 1.45. The van der Waals surface area contributed by atoms with E-state index in [1.807, 2.05) is 24.0 Å². The molecule has 0 bridgehead atoms. The number of hydrogen-bond donors (Lipinski definition) is 2. The van der Waals surface area contributed by atoms with Gasteiger partial charge in [0.1, 0.15) is 18.1 Å². The second-order valence-corrected chi connectivity index (χ2v) is 6.75. The molecule has 1 amide bonds. The third-order valence-electron chi connectivity index (χ3n) is 5.05. The Kier molecular flexibility index (Phi) is 4.12. The number of carbonyl (C=O) groups is 1. The van der Waals surface area contributed by atoms with Gasteiger partial charge < -0.3 is 20.2 Å². The van der Waals surface area contributed by atoms with Crippen LogP contribution < -0.4 is 5.32 Å². The monoisotopic (exact) mass is 354 g/mol. The van der Waals surface area contributed by atoms with Crippen LogP contribution in [0, 0.1) is 0 Å². The number of nitrogens with one attached hydrogen (secondary N) is 1. The van der Waals surface area contributed by atoms with Gasteiger partial charge in [0.15, 0.2) is 0 Å². The average Bonchev–Trinajstić information content (AvgIpc) is 3.09. The van der Waals surface area contributed by atoms with E-state index in [4.69, 9.17) is 0 Å². The fourth-order valence-corrected chi connectivity index (χ4v) is 3.55. The third-order valence-corrected chi connectivity index (χ3v) is 5.05. The van der Waals surface area contributed by atoms with Crippen molar-refractivity contribution in [3.63, 3.8) is 0 Å². The Balaban J connectivity index is 1.78. The molecule has 26 heavy (non-hydrogen) atoms. The molecular weight excluding hydrogens is 332 g/mol. The number of aromatic nitrogens is 3. The van der Waals surface area contributed by atoms with Crippen molar-refractivity contribution in [2.45, 2.75) is 13.0 Å². The summed E-state index contributed by atoms with van der Waals surface area (Å²) in [6, 6.07) is 6.55. The predicted molar refractivity (Wildman–Crippen MR) is 96.7 cm³/mol. The van der Waals surface area contributed by atoms with Crippen LogP contribution in [0.1, 0.15) is 18.5 Å². The number of allylic oxidation sites excluding steroid dienone is 1. The zero-order valence-corrected chi connectivity index (χ0v) is 14.9. The van der Waals surface area contributed by atoms with E-state index in [9.17, 15) is 9.90 Å². The Labute approximate surface area is 151 Å². The first-order chi connectivity index (χ1) is 12.6. The SMILES string of the molecule is CC1=C(C(=O)N2CCN(C)CC2)C(c2ccccc2O)n2ncnc2N1. The summed E-state index contributed by atoms with van der Waals surface area (Å²) in [4.78, 5) is 21.7. The number of rotatable bonds is 2. The Hall–Kier alpha value is -2.87. The predicted octanol–water partition coefficient (Wildman–Crippen LogP) is 1.05. The molecule has 3 heterocycles. The van der Waals surface area contributed by atoms with Crippen molar-refractivity contribution in [1.29, 1.82) is 0 Å². The van der Waals surface area contributed by atoms with Crippen molar-refractivity contribution in [2.75, 3.05) is 38.5 Å². The van der Waals surface area contributed by atoms with Crippen molar-refractivity contribution in [3.05, 3.63) is 47.4 Å². The number of phenols is 1. The van der Waals surface area contributed by atoms with Crippen LogP contribution in [0.2, 0.25) is 0 Å². The Morgan fingerprint density at radius 1 is 1.23 bits per heavy atom. The van der Waals surface area contributed by atoms with Gasteiger partial charge in [-0.05, 0) is 20.0 Å². The van der Waals surface area contributed by atoms with Crippen LogP contribution in [0.3, 0.4) is 0 Å². The van der Waals surface area contributed by atoms with Gasteiger partial charge in [-0.15, -0.1) is 0 Å². The Bertz CT molecular complexity index is 866. The van der Waals surface area contributed by atoms with Gasteiger partial charge in [-0.3, -0.25) is 4.79 Å². The summed E-state index contributed by atoms with van der Waals surface area (Å²) < 4.78 is 1.66. The molecule has 1 saturated heterocycles. The standard InChI is InChI=1S/C18H22N6O2/c1-12-15(17(26)23-9-7-22(2)8-10-23)16(13-5-3-4-6-14(13)25)24-18(21-12)19-11-20-24/h3-6,11,16,25H,7-10H2,1-2H3,(H,19,20,21). The molecule has 1 fully saturated rings. The molecule has 0 saturated carbocycles. The van der Waals surface area contributed by atoms with Crippen LogP contribution in [0.15, 0.2) is 41.9 Å². The van der Waals surface area contributed by atoms with Crippen LogP contribution in [-0.4, -0.2) is 68.8 Å². The fourth-order valence-electron chi connectivity index (χ4n) is 3.55. The number of likely N-dealkylation sites (N-methyl/N-ethyl adjacent to an activating group) is 1. The minimum atomic E-state index is -0.512. The van der Waals surface area contributed by atoms with Gasteiger partial charge >= 0.3 is 0 Å². The van der Waals surface area contributed by atoms with E-state index >= 15 is 0 Å². The number of phenolic OH excluding ortho intramolecular Hbond substituents is 1. The molecule has 136 valence electrons. The first kappa shape index (κ1) is 16.6. The number of nitrogens with zero attached hydrogens (tertiary/aromatic N) is 5. The number of anilines is 1. The van der Waals surface area contributed by atoms with Crippen molar-refractivity contribution < 1.29 is 9.90 Å². The van der Waals surface area contributed by atoms with Gasteiger partial charge in [-0.25, -0.2) is 4.68 Å². The van der Waals surface area contributed by atoms with E-state index in [1.54, 1.807) is 16.8 Å². The third kappa shape index (κ3) is 2.72. The van der Waals surface area contributed by atoms with Gasteiger partial charge in [0.2, 0.25) is 5.95 Å².